The average Bonchev–Trinajstić information content (AvgIpc) is 2.49. The molecule has 2 aromatic rings. The van der Waals surface area contributed by atoms with E-state index in [-0.39, 0.29) is 11.9 Å². The molecule has 0 N–H and O–H groups in total. The Bertz CT molecular complexity index is 713. The molecule has 2 heteroatoms. The number of aryl methyl sites for hydroxylation is 1. The van der Waals surface area contributed by atoms with E-state index in [1.807, 2.05) is 17.2 Å². The van der Waals surface area contributed by atoms with Crippen molar-refractivity contribution in [1.29, 1.82) is 0 Å². The van der Waals surface area contributed by atoms with Gasteiger partial charge >= 0.3 is 0 Å². The molecule has 0 radical (unpaired) electrons. The van der Waals surface area contributed by atoms with E-state index in [9.17, 15) is 4.79 Å². The molecule has 1 aliphatic rings. The Morgan fingerprint density at radius 3 is 2.38 bits per heavy atom. The minimum atomic E-state index is 0.0709. The number of fused-ring (bicyclic) bond motifs is 1. The van der Waals surface area contributed by atoms with Crippen molar-refractivity contribution < 1.29 is 4.79 Å². The molecule has 1 amide bonds. The first-order valence-electron chi connectivity index (χ1n) is 7.25. The number of hydrogen-bond donors (Lipinski definition) is 0. The molecule has 21 heavy (non-hydrogen) atoms. The number of nitrogens with zero attached hydrogens (tertiary/aromatic N) is 1. The van der Waals surface area contributed by atoms with E-state index in [0.717, 1.165) is 11.1 Å². The molecule has 2 nitrogen and oxygen atoms in total. The quantitative estimate of drug-likeness (QED) is 0.760. The Morgan fingerprint density at radius 1 is 1.05 bits per heavy atom. The number of benzene rings is 2. The minimum Gasteiger partial charge on any atom is -0.311 e. The number of amides is 1. The van der Waals surface area contributed by atoms with Gasteiger partial charge in [-0.05, 0) is 30.5 Å². The summed E-state index contributed by atoms with van der Waals surface area (Å²) in [5.74, 6) is 0.0709. The normalized spacial score (nSPS) is 17.2. The number of carbonyl (C=O) groups is 1. The molecule has 2 aromatic carbocycles. The second-order valence-corrected chi connectivity index (χ2v) is 5.60. The Kier molecular flexibility index (Phi) is 3.38. The van der Waals surface area contributed by atoms with Crippen LogP contribution < -0.4 is 0 Å². The van der Waals surface area contributed by atoms with Crippen molar-refractivity contribution in [2.24, 2.45) is 0 Å². The molecule has 0 fully saturated rings. The molecule has 0 aliphatic carbocycles. The topological polar surface area (TPSA) is 20.3 Å². The zero-order chi connectivity index (χ0) is 15.0. The fourth-order valence-corrected chi connectivity index (χ4v) is 2.90. The zero-order valence-electron chi connectivity index (χ0n) is 12.6. The lowest BCUT2D eigenvalue weighted by Gasteiger charge is -2.33. The highest BCUT2D eigenvalue weighted by atomic mass is 16.2. The predicted molar refractivity (Wildman–Crippen MR) is 85.6 cm³/mol. The van der Waals surface area contributed by atoms with E-state index in [2.05, 4.69) is 56.3 Å². The zero-order valence-corrected chi connectivity index (χ0v) is 12.6. The van der Waals surface area contributed by atoms with E-state index in [1.165, 1.54) is 16.7 Å². The van der Waals surface area contributed by atoms with Crippen molar-refractivity contribution in [3.63, 3.8) is 0 Å². The molecule has 0 bridgehead atoms. The predicted octanol–water partition coefficient (Wildman–Crippen LogP) is 4.31. The minimum absolute atomic E-state index is 0.0709. The van der Waals surface area contributed by atoms with Crippen LogP contribution in [0.5, 0.6) is 0 Å². The van der Waals surface area contributed by atoms with Gasteiger partial charge < -0.3 is 4.90 Å². The van der Waals surface area contributed by atoms with E-state index in [0.29, 0.717) is 0 Å². The van der Waals surface area contributed by atoms with Crippen LogP contribution in [0, 0.1) is 6.92 Å². The molecule has 0 saturated heterocycles. The summed E-state index contributed by atoms with van der Waals surface area (Å²) in [7, 11) is 0. The highest BCUT2D eigenvalue weighted by molar-refractivity contribution is 5.87. The molecule has 1 aliphatic heterocycles. The van der Waals surface area contributed by atoms with Crippen LogP contribution in [0.15, 0.2) is 54.7 Å². The monoisotopic (exact) mass is 277 g/mol. The molecular weight excluding hydrogens is 258 g/mol. The molecular formula is C19H19NO. The van der Waals surface area contributed by atoms with Crippen LogP contribution in [0.3, 0.4) is 0 Å². The smallest absolute Gasteiger partial charge is 0.223 e. The van der Waals surface area contributed by atoms with Crippen molar-refractivity contribution >= 4 is 11.5 Å². The maximum absolute atomic E-state index is 11.9. The molecule has 0 spiro atoms. The third-order valence-corrected chi connectivity index (χ3v) is 4.11. The van der Waals surface area contributed by atoms with Crippen molar-refractivity contribution in [2.45, 2.75) is 26.8 Å². The van der Waals surface area contributed by atoms with Crippen LogP contribution in [0.1, 0.15) is 42.1 Å². The number of carbonyl (C=O) groups excluding carboxylic acids is 1. The van der Waals surface area contributed by atoms with Gasteiger partial charge in [0.1, 0.15) is 0 Å². The summed E-state index contributed by atoms with van der Waals surface area (Å²) >= 11 is 0. The van der Waals surface area contributed by atoms with Crippen LogP contribution in [-0.4, -0.2) is 10.8 Å². The van der Waals surface area contributed by atoms with Crippen molar-refractivity contribution in [3.05, 3.63) is 77.0 Å². The molecule has 0 aromatic heterocycles. The fourth-order valence-electron chi connectivity index (χ4n) is 2.90. The van der Waals surface area contributed by atoms with Gasteiger partial charge in [0.25, 0.3) is 0 Å². The van der Waals surface area contributed by atoms with Gasteiger partial charge in [-0.1, -0.05) is 54.1 Å². The second kappa shape index (κ2) is 5.21. The van der Waals surface area contributed by atoms with Crippen LogP contribution in [0.2, 0.25) is 0 Å². The van der Waals surface area contributed by atoms with Crippen molar-refractivity contribution in [3.8, 4) is 0 Å². The first kappa shape index (κ1) is 13.6. The lowest BCUT2D eigenvalue weighted by atomic mass is 9.88. The van der Waals surface area contributed by atoms with Gasteiger partial charge in [0.15, 0.2) is 0 Å². The van der Waals surface area contributed by atoms with Gasteiger partial charge in [-0.25, -0.2) is 0 Å². The first-order chi connectivity index (χ1) is 10.1. The van der Waals surface area contributed by atoms with Gasteiger partial charge in [-0.15, -0.1) is 0 Å². The second-order valence-electron chi connectivity index (χ2n) is 5.60. The largest absolute Gasteiger partial charge is 0.311 e. The molecule has 3 rings (SSSR count). The molecule has 0 saturated carbocycles. The number of hydrogen-bond acceptors (Lipinski definition) is 1. The standard InChI is InChI=1S/C19H19NO/c1-13-8-10-16(11-9-13)19-12-20(15(3)21)14(2)17-6-4-5-7-18(17)19/h4-12,14H,1-3H3/t14-/m1/s1. The van der Waals surface area contributed by atoms with Gasteiger partial charge in [0.2, 0.25) is 5.91 Å². The summed E-state index contributed by atoms with van der Waals surface area (Å²) in [5, 5.41) is 0. The van der Waals surface area contributed by atoms with Gasteiger partial charge in [-0.2, -0.15) is 0 Å². The summed E-state index contributed by atoms with van der Waals surface area (Å²) < 4.78 is 0. The lowest BCUT2D eigenvalue weighted by Crippen LogP contribution is -2.30. The van der Waals surface area contributed by atoms with Gasteiger partial charge in [-0.3, -0.25) is 4.79 Å². The van der Waals surface area contributed by atoms with Crippen molar-refractivity contribution in [2.75, 3.05) is 0 Å². The highest BCUT2D eigenvalue weighted by Gasteiger charge is 2.26. The molecule has 1 heterocycles. The van der Waals surface area contributed by atoms with E-state index in [1.54, 1.807) is 6.92 Å². The number of rotatable bonds is 1. The average molecular weight is 277 g/mol. The summed E-state index contributed by atoms with van der Waals surface area (Å²) in [6.07, 6.45) is 1.99. The summed E-state index contributed by atoms with van der Waals surface area (Å²) in [4.78, 5) is 13.7. The Labute approximate surface area is 125 Å². The molecule has 1 atom stereocenters. The molecule has 106 valence electrons. The maximum Gasteiger partial charge on any atom is 0.223 e. The summed E-state index contributed by atoms with van der Waals surface area (Å²) in [5.41, 5.74) is 5.91. The van der Waals surface area contributed by atoms with Gasteiger partial charge in [0, 0.05) is 18.7 Å². The third kappa shape index (κ3) is 2.38. The third-order valence-electron chi connectivity index (χ3n) is 4.11. The SMILES string of the molecule is CC(=O)N1C=C(c2ccc(C)cc2)c2ccccc2[C@H]1C. The fraction of sp³-hybridized carbons (Fsp3) is 0.211. The van der Waals surface area contributed by atoms with Crippen molar-refractivity contribution in [1.82, 2.24) is 4.90 Å². The maximum atomic E-state index is 11.9. The Morgan fingerprint density at radius 2 is 1.71 bits per heavy atom. The lowest BCUT2D eigenvalue weighted by molar-refractivity contribution is -0.128. The first-order valence-corrected chi connectivity index (χ1v) is 7.25. The summed E-state index contributed by atoms with van der Waals surface area (Å²) in [6.45, 7) is 5.77. The van der Waals surface area contributed by atoms with Crippen LogP contribution in [-0.2, 0) is 4.79 Å². The van der Waals surface area contributed by atoms with Crippen LogP contribution >= 0.6 is 0 Å². The Hall–Kier alpha value is -2.35. The highest BCUT2D eigenvalue weighted by Crippen LogP contribution is 2.37. The van der Waals surface area contributed by atoms with E-state index < -0.39 is 0 Å². The summed E-state index contributed by atoms with van der Waals surface area (Å²) in [6, 6.07) is 16.9. The van der Waals surface area contributed by atoms with Crippen LogP contribution in [0.25, 0.3) is 5.57 Å². The van der Waals surface area contributed by atoms with E-state index in [4.69, 9.17) is 0 Å². The Balaban J connectivity index is 2.18. The molecule has 0 unspecified atom stereocenters. The van der Waals surface area contributed by atoms with E-state index >= 15 is 0 Å². The van der Waals surface area contributed by atoms with Crippen LogP contribution in [0.4, 0.5) is 0 Å². The van der Waals surface area contributed by atoms with Gasteiger partial charge in [0.05, 0.1) is 6.04 Å².